The number of carbonyl (C=O) groups excluding carboxylic acids is 1. The van der Waals surface area contributed by atoms with Crippen LogP contribution in [-0.2, 0) is 0 Å². The molecule has 0 aromatic heterocycles. The second-order valence-electron chi connectivity index (χ2n) is 2.46. The highest BCUT2D eigenvalue weighted by Gasteiger charge is 2.03. The first-order valence-electron chi connectivity index (χ1n) is 3.49. The van der Waals surface area contributed by atoms with Crippen LogP contribution in [0, 0.1) is 6.92 Å². The van der Waals surface area contributed by atoms with E-state index in [1.165, 1.54) is 5.56 Å². The number of hydrogen-bond acceptors (Lipinski definition) is 2. The van der Waals surface area contributed by atoms with Gasteiger partial charge < -0.3 is 0 Å². The van der Waals surface area contributed by atoms with Crippen molar-refractivity contribution in [2.24, 2.45) is 0 Å². The minimum absolute atomic E-state index is 0.398. The monoisotopic (exact) mass is 200 g/mol. The molecule has 0 fully saturated rings. The van der Waals surface area contributed by atoms with E-state index >= 15 is 0 Å². The lowest BCUT2D eigenvalue weighted by molar-refractivity contribution is 0.108. The summed E-state index contributed by atoms with van der Waals surface area (Å²) in [6.07, 6.45) is 1.98. The van der Waals surface area contributed by atoms with Gasteiger partial charge in [-0.05, 0) is 42.5 Å². The van der Waals surface area contributed by atoms with Crippen LogP contribution in [0.25, 0.3) is 0 Å². The minimum atomic E-state index is -0.398. The van der Waals surface area contributed by atoms with Gasteiger partial charge in [-0.3, -0.25) is 4.79 Å². The maximum absolute atomic E-state index is 10.8. The molecule has 1 rings (SSSR count). The molecule has 64 valence electrons. The summed E-state index contributed by atoms with van der Waals surface area (Å²) in [7, 11) is 0. The summed E-state index contributed by atoms with van der Waals surface area (Å²) >= 11 is 6.95. The van der Waals surface area contributed by atoms with Gasteiger partial charge in [-0.25, -0.2) is 0 Å². The van der Waals surface area contributed by atoms with Crippen LogP contribution in [-0.4, -0.2) is 11.5 Å². The van der Waals surface area contributed by atoms with Gasteiger partial charge in [-0.15, -0.1) is 11.8 Å². The van der Waals surface area contributed by atoms with Crippen LogP contribution >= 0.6 is 23.4 Å². The minimum Gasteiger partial charge on any atom is -0.276 e. The van der Waals surface area contributed by atoms with E-state index in [9.17, 15) is 4.79 Å². The fourth-order valence-electron chi connectivity index (χ4n) is 0.942. The zero-order valence-corrected chi connectivity index (χ0v) is 8.50. The molecule has 0 heterocycles. The normalized spacial score (nSPS) is 9.92. The van der Waals surface area contributed by atoms with Crippen molar-refractivity contribution in [1.82, 2.24) is 0 Å². The quantitative estimate of drug-likeness (QED) is 0.539. The zero-order chi connectivity index (χ0) is 9.14. The number of halogens is 1. The van der Waals surface area contributed by atoms with Gasteiger partial charge in [-0.1, -0.05) is 6.07 Å². The van der Waals surface area contributed by atoms with Crippen molar-refractivity contribution in [3.8, 4) is 0 Å². The van der Waals surface area contributed by atoms with Gasteiger partial charge in [0.05, 0.1) is 0 Å². The van der Waals surface area contributed by atoms with Crippen molar-refractivity contribution in [3.63, 3.8) is 0 Å². The van der Waals surface area contributed by atoms with Crippen molar-refractivity contribution in [2.75, 3.05) is 6.26 Å². The van der Waals surface area contributed by atoms with E-state index in [1.54, 1.807) is 17.8 Å². The van der Waals surface area contributed by atoms with E-state index in [2.05, 4.69) is 0 Å². The van der Waals surface area contributed by atoms with Gasteiger partial charge in [0, 0.05) is 10.5 Å². The molecule has 3 heteroatoms. The topological polar surface area (TPSA) is 17.1 Å². The van der Waals surface area contributed by atoms with Crippen LogP contribution in [0.2, 0.25) is 0 Å². The summed E-state index contributed by atoms with van der Waals surface area (Å²) in [5.74, 6) is 0. The van der Waals surface area contributed by atoms with E-state index in [-0.39, 0.29) is 0 Å². The van der Waals surface area contributed by atoms with Gasteiger partial charge >= 0.3 is 0 Å². The molecule has 12 heavy (non-hydrogen) atoms. The third-order valence-electron chi connectivity index (χ3n) is 1.64. The fraction of sp³-hybridized carbons (Fsp3) is 0.222. The van der Waals surface area contributed by atoms with E-state index in [1.807, 2.05) is 25.3 Å². The van der Waals surface area contributed by atoms with Gasteiger partial charge in [0.15, 0.2) is 0 Å². The molecule has 0 aliphatic heterocycles. The first kappa shape index (κ1) is 9.62. The number of benzene rings is 1. The largest absolute Gasteiger partial charge is 0.276 e. The highest BCUT2D eigenvalue weighted by atomic mass is 35.5. The Balaban J connectivity index is 3.13. The summed E-state index contributed by atoms with van der Waals surface area (Å²) in [5, 5.41) is -0.398. The summed E-state index contributed by atoms with van der Waals surface area (Å²) in [6.45, 7) is 2.01. The Labute approximate surface area is 81.1 Å². The number of carbonyl (C=O) groups is 1. The molecule has 0 bridgehead atoms. The average Bonchev–Trinajstić information content (AvgIpc) is 2.05. The molecule has 1 aromatic rings. The molecule has 0 spiro atoms. The third kappa shape index (κ3) is 2.02. The van der Waals surface area contributed by atoms with Crippen LogP contribution in [0.4, 0.5) is 0 Å². The van der Waals surface area contributed by atoms with Crippen LogP contribution in [0.1, 0.15) is 15.9 Å². The SMILES string of the molecule is CSc1cc(C(=O)Cl)ccc1C. The first-order chi connectivity index (χ1) is 5.65. The summed E-state index contributed by atoms with van der Waals surface area (Å²) in [5.41, 5.74) is 1.73. The maximum atomic E-state index is 10.8. The lowest BCUT2D eigenvalue weighted by Gasteiger charge is -2.02. The van der Waals surface area contributed by atoms with Gasteiger partial charge in [-0.2, -0.15) is 0 Å². The molecule has 0 atom stereocenters. The number of rotatable bonds is 2. The van der Waals surface area contributed by atoms with E-state index in [0.717, 1.165) is 4.90 Å². The van der Waals surface area contributed by atoms with Crippen molar-refractivity contribution >= 4 is 28.6 Å². The lowest BCUT2D eigenvalue weighted by atomic mass is 10.2. The highest BCUT2D eigenvalue weighted by Crippen LogP contribution is 2.21. The van der Waals surface area contributed by atoms with Crippen molar-refractivity contribution in [2.45, 2.75) is 11.8 Å². The Morgan fingerprint density at radius 1 is 1.50 bits per heavy atom. The standard InChI is InChI=1S/C9H9ClOS/c1-6-3-4-7(9(10)11)5-8(6)12-2/h3-5H,1-2H3. The molecule has 1 aromatic carbocycles. The molecule has 0 N–H and O–H groups in total. The molecular formula is C9H9ClOS. The highest BCUT2D eigenvalue weighted by molar-refractivity contribution is 7.98. The van der Waals surface area contributed by atoms with Gasteiger partial charge in [0.25, 0.3) is 5.24 Å². The molecule has 0 radical (unpaired) electrons. The second-order valence-corrected chi connectivity index (χ2v) is 3.65. The summed E-state index contributed by atoms with van der Waals surface area (Å²) in [6, 6.07) is 5.46. The van der Waals surface area contributed by atoms with Crippen molar-refractivity contribution in [1.29, 1.82) is 0 Å². The Bertz CT molecular complexity index is 309. The molecule has 0 amide bonds. The third-order valence-corrected chi connectivity index (χ3v) is 2.73. The number of hydrogen-bond donors (Lipinski definition) is 0. The van der Waals surface area contributed by atoms with Crippen LogP contribution in [0.3, 0.4) is 0 Å². The summed E-state index contributed by atoms with van der Waals surface area (Å²) < 4.78 is 0. The molecule has 0 saturated carbocycles. The van der Waals surface area contributed by atoms with Gasteiger partial charge in [0.1, 0.15) is 0 Å². The maximum Gasteiger partial charge on any atom is 0.252 e. The second kappa shape index (κ2) is 3.97. The van der Waals surface area contributed by atoms with E-state index in [4.69, 9.17) is 11.6 Å². The van der Waals surface area contributed by atoms with Crippen LogP contribution in [0.5, 0.6) is 0 Å². The van der Waals surface area contributed by atoms with Crippen LogP contribution < -0.4 is 0 Å². The molecule has 0 aliphatic rings. The Hall–Kier alpha value is -0.470. The van der Waals surface area contributed by atoms with Crippen molar-refractivity contribution < 1.29 is 4.79 Å². The predicted molar refractivity (Wildman–Crippen MR) is 53.1 cm³/mol. The van der Waals surface area contributed by atoms with Crippen molar-refractivity contribution in [3.05, 3.63) is 29.3 Å². The predicted octanol–water partition coefficient (Wildman–Crippen LogP) is 3.10. The first-order valence-corrected chi connectivity index (χ1v) is 5.10. The average molecular weight is 201 g/mol. The lowest BCUT2D eigenvalue weighted by Crippen LogP contribution is -1.89. The number of thioether (sulfide) groups is 1. The Kier molecular flexibility index (Phi) is 3.18. The summed E-state index contributed by atoms with van der Waals surface area (Å²) in [4.78, 5) is 11.9. The smallest absolute Gasteiger partial charge is 0.252 e. The molecule has 0 unspecified atom stereocenters. The number of aryl methyl sites for hydroxylation is 1. The Morgan fingerprint density at radius 3 is 2.67 bits per heavy atom. The fourth-order valence-corrected chi connectivity index (χ4v) is 1.69. The molecule has 0 aliphatic carbocycles. The van der Waals surface area contributed by atoms with E-state index < -0.39 is 5.24 Å². The van der Waals surface area contributed by atoms with Crippen LogP contribution in [0.15, 0.2) is 23.1 Å². The molecular weight excluding hydrogens is 192 g/mol. The zero-order valence-electron chi connectivity index (χ0n) is 6.93. The van der Waals surface area contributed by atoms with Gasteiger partial charge in [0.2, 0.25) is 0 Å². The Morgan fingerprint density at radius 2 is 2.17 bits per heavy atom. The molecule has 0 saturated heterocycles. The molecule has 1 nitrogen and oxygen atoms in total. The van der Waals surface area contributed by atoms with E-state index in [0.29, 0.717) is 5.56 Å².